The third-order valence-corrected chi connectivity index (χ3v) is 7.87. The number of nitrogens with one attached hydrogen (secondary N) is 1. The summed E-state index contributed by atoms with van der Waals surface area (Å²) >= 11 is 2.61. The molecule has 0 unspecified atom stereocenters. The molecule has 0 spiro atoms. The third-order valence-electron chi connectivity index (χ3n) is 3.49. The Kier molecular flexibility index (Phi) is 7.41. The summed E-state index contributed by atoms with van der Waals surface area (Å²) in [6.45, 7) is 6.50. The smallest absolute Gasteiger partial charge is 0.256 e. The lowest BCUT2D eigenvalue weighted by Crippen LogP contribution is -2.26. The molecule has 1 N–H and O–H groups in total. The van der Waals surface area contributed by atoms with Gasteiger partial charge in [0, 0.05) is 22.9 Å². The molecule has 9 heteroatoms. The Morgan fingerprint density at radius 3 is 2.81 bits per heavy atom. The number of carbonyl (C=O) groups is 1. The van der Waals surface area contributed by atoms with Crippen molar-refractivity contribution >= 4 is 58.5 Å². The monoisotopic (exact) mass is 515 g/mol. The minimum absolute atomic E-state index is 0.185. The number of thiazole rings is 1. The van der Waals surface area contributed by atoms with Gasteiger partial charge in [-0.25, -0.2) is 8.19 Å². The molecule has 2 heterocycles. The van der Waals surface area contributed by atoms with E-state index in [0.29, 0.717) is 30.3 Å². The van der Waals surface area contributed by atoms with Crippen molar-refractivity contribution in [2.45, 2.75) is 13.3 Å². The predicted octanol–water partition coefficient (Wildman–Crippen LogP) is 4.12. The van der Waals surface area contributed by atoms with Gasteiger partial charge in [0.25, 0.3) is 5.91 Å². The van der Waals surface area contributed by atoms with E-state index in [1.54, 1.807) is 41.2 Å². The van der Waals surface area contributed by atoms with Crippen molar-refractivity contribution in [1.82, 2.24) is 10.3 Å². The lowest BCUT2D eigenvalue weighted by atomic mass is 10.2. The Morgan fingerprint density at radius 2 is 2.15 bits per heavy atom. The van der Waals surface area contributed by atoms with Crippen LogP contribution in [-0.4, -0.2) is 32.6 Å². The van der Waals surface area contributed by atoms with Crippen LogP contribution in [0.5, 0.6) is 11.5 Å². The first-order chi connectivity index (χ1) is 13.2. The van der Waals surface area contributed by atoms with Crippen molar-refractivity contribution in [2.24, 2.45) is 3.21 Å². The second-order valence-corrected chi connectivity index (χ2v) is 10.0. The summed E-state index contributed by atoms with van der Waals surface area (Å²) in [5.41, 5.74) is 5.12. The molecular formula is C18H18IN3O3S2. The van der Waals surface area contributed by atoms with E-state index in [1.807, 2.05) is 12.4 Å². The molecule has 2 aromatic rings. The highest BCUT2D eigenvalue weighted by Gasteiger charge is 2.14. The van der Waals surface area contributed by atoms with Crippen LogP contribution >= 0.6 is 44.1 Å². The van der Waals surface area contributed by atoms with Gasteiger partial charge in [-0.05, 0) is 19.1 Å². The van der Waals surface area contributed by atoms with Crippen LogP contribution < -0.4 is 14.8 Å². The molecule has 0 atom stereocenters. The van der Waals surface area contributed by atoms with Crippen molar-refractivity contribution in [1.29, 1.82) is 0 Å². The second kappa shape index (κ2) is 10.00. The Hall–Kier alpha value is -1.72. The highest BCUT2D eigenvalue weighted by molar-refractivity contribution is 14.2. The van der Waals surface area contributed by atoms with E-state index in [1.165, 1.54) is 16.6 Å². The number of hydrogen-bond acceptors (Lipinski definition) is 7. The largest absolute Gasteiger partial charge is 0.493 e. The number of rotatable bonds is 9. The third kappa shape index (κ3) is 5.88. The van der Waals surface area contributed by atoms with E-state index >= 15 is 0 Å². The number of ether oxygens (including phenoxy) is 2. The molecule has 1 aliphatic heterocycles. The lowest BCUT2D eigenvalue weighted by molar-refractivity contribution is 0.0978. The van der Waals surface area contributed by atoms with E-state index < -0.39 is 21.0 Å². The van der Waals surface area contributed by atoms with Crippen molar-refractivity contribution in [3.8, 4) is 11.5 Å². The van der Waals surface area contributed by atoms with Gasteiger partial charge >= 0.3 is 0 Å². The Morgan fingerprint density at radius 1 is 1.33 bits per heavy atom. The molecule has 1 aliphatic rings. The fourth-order valence-electron chi connectivity index (χ4n) is 2.21. The zero-order chi connectivity index (χ0) is 19.1. The van der Waals surface area contributed by atoms with Crippen LogP contribution in [0.2, 0.25) is 0 Å². The van der Waals surface area contributed by atoms with Gasteiger partial charge in [-0.2, -0.15) is 0 Å². The van der Waals surface area contributed by atoms with Gasteiger partial charge < -0.3 is 14.8 Å². The van der Waals surface area contributed by atoms with E-state index in [0.717, 1.165) is 15.1 Å². The molecule has 1 aromatic heterocycles. The van der Waals surface area contributed by atoms with E-state index in [-0.39, 0.29) is 5.91 Å². The van der Waals surface area contributed by atoms with Gasteiger partial charge in [0.05, 0.1) is 44.4 Å². The summed E-state index contributed by atoms with van der Waals surface area (Å²) in [5.74, 6) is 0.982. The first-order valence-electron chi connectivity index (χ1n) is 8.07. The first-order valence-corrected chi connectivity index (χ1v) is 11.9. The van der Waals surface area contributed by atoms with Crippen LogP contribution in [0.4, 0.5) is 0 Å². The maximum absolute atomic E-state index is 12.6. The minimum Gasteiger partial charge on any atom is -0.493 e. The van der Waals surface area contributed by atoms with Gasteiger partial charge in [-0.1, -0.05) is 24.4 Å². The SMILES string of the molecule is C=CCOc1cc(OCCc2scnc2C)cc(C(=O)NC2=IN=CS2)c1. The van der Waals surface area contributed by atoms with E-state index in [9.17, 15) is 4.79 Å². The molecule has 0 bridgehead atoms. The van der Waals surface area contributed by atoms with Crippen LogP contribution in [0.15, 0.2) is 39.6 Å². The number of aryl methyl sites for hydroxylation is 1. The Bertz CT molecular complexity index is 896. The van der Waals surface area contributed by atoms with E-state index in [4.69, 9.17) is 9.47 Å². The first kappa shape index (κ1) is 20.0. The lowest BCUT2D eigenvalue weighted by Gasteiger charge is -2.12. The zero-order valence-electron chi connectivity index (χ0n) is 14.6. The summed E-state index contributed by atoms with van der Waals surface area (Å²) in [5, 5.41) is 2.92. The molecule has 0 fully saturated rings. The molecule has 0 saturated carbocycles. The Labute approximate surface area is 176 Å². The average Bonchev–Trinajstić information content (AvgIpc) is 3.32. The molecule has 0 radical (unpaired) electrons. The van der Waals surface area contributed by atoms with Crippen molar-refractivity contribution in [2.75, 3.05) is 13.2 Å². The quantitative estimate of drug-likeness (QED) is 0.402. The summed E-state index contributed by atoms with van der Waals surface area (Å²) in [4.78, 5) is 18.0. The van der Waals surface area contributed by atoms with Crippen molar-refractivity contribution in [3.63, 3.8) is 0 Å². The molecule has 3 rings (SSSR count). The highest BCUT2D eigenvalue weighted by atomic mass is 127. The fourth-order valence-corrected chi connectivity index (χ4v) is 5.59. The number of aromatic nitrogens is 1. The number of amides is 1. The Balaban J connectivity index is 1.70. The second-order valence-electron chi connectivity index (χ2n) is 5.39. The maximum atomic E-state index is 12.6. The summed E-state index contributed by atoms with van der Waals surface area (Å²) in [6, 6.07) is 5.22. The molecule has 0 saturated heterocycles. The van der Waals surface area contributed by atoms with Crippen LogP contribution in [-0.2, 0) is 6.42 Å². The normalized spacial score (nSPS) is 12.9. The topological polar surface area (TPSA) is 72.8 Å². The van der Waals surface area contributed by atoms with Crippen molar-refractivity contribution < 1.29 is 14.3 Å². The average molecular weight is 515 g/mol. The summed E-state index contributed by atoms with van der Waals surface area (Å²) in [6.07, 6.45) is 2.43. The van der Waals surface area contributed by atoms with Gasteiger partial charge in [0.2, 0.25) is 0 Å². The molecule has 0 aliphatic carbocycles. The van der Waals surface area contributed by atoms with Crippen LogP contribution in [0.3, 0.4) is 0 Å². The van der Waals surface area contributed by atoms with Gasteiger partial charge in [0.1, 0.15) is 21.1 Å². The maximum Gasteiger partial charge on any atom is 0.256 e. The molecule has 142 valence electrons. The van der Waals surface area contributed by atoms with Gasteiger partial charge in [-0.3, -0.25) is 4.79 Å². The molecular weight excluding hydrogens is 497 g/mol. The molecule has 1 amide bonds. The minimum atomic E-state index is -0.473. The summed E-state index contributed by atoms with van der Waals surface area (Å²) in [7, 11) is 0. The van der Waals surface area contributed by atoms with Crippen LogP contribution in [0.25, 0.3) is 0 Å². The number of halogens is 1. The summed E-state index contributed by atoms with van der Waals surface area (Å²) < 4.78 is 16.6. The number of nitrogens with zero attached hydrogens (tertiary/aromatic N) is 2. The van der Waals surface area contributed by atoms with Crippen LogP contribution in [0.1, 0.15) is 20.9 Å². The molecule has 27 heavy (non-hydrogen) atoms. The van der Waals surface area contributed by atoms with E-state index in [2.05, 4.69) is 20.1 Å². The van der Waals surface area contributed by atoms with Gasteiger partial charge in [0.15, 0.2) is 0 Å². The van der Waals surface area contributed by atoms with Gasteiger partial charge in [-0.15, -0.1) is 11.3 Å². The fraction of sp³-hybridized carbons (Fsp3) is 0.222. The number of benzene rings is 1. The number of hydrogen-bond donors (Lipinski definition) is 1. The van der Waals surface area contributed by atoms with Crippen LogP contribution in [0, 0.1) is 6.92 Å². The molecule has 1 aromatic carbocycles. The zero-order valence-corrected chi connectivity index (χ0v) is 18.4. The molecule has 6 nitrogen and oxygen atoms in total. The standard InChI is InChI=1S/C18H18IN3O3S2/c1-3-5-24-14-7-13(17(23)22-18-19-21-11-27-18)8-15(9-14)25-6-4-16-12(2)20-10-26-16/h3,7-11H,1,4-6H2,2H3,(H,22,23). The number of carbonyl (C=O) groups excluding carboxylic acids is 1. The number of thioether (sulfide) groups is 1. The highest BCUT2D eigenvalue weighted by Crippen LogP contribution is 2.25. The predicted molar refractivity (Wildman–Crippen MR) is 121 cm³/mol. The van der Waals surface area contributed by atoms with Crippen molar-refractivity contribution in [3.05, 3.63) is 52.5 Å².